The second kappa shape index (κ2) is 6.66. The molecule has 0 bridgehead atoms. The molecule has 4 rings (SSSR count). The Morgan fingerprint density at radius 2 is 1.88 bits per heavy atom. The molecule has 0 aliphatic heterocycles. The monoisotopic (exact) mass is 337 g/mol. The van der Waals surface area contributed by atoms with Crippen molar-refractivity contribution in [3.63, 3.8) is 0 Å². The normalized spacial score (nSPS) is 28.1. The highest BCUT2D eigenvalue weighted by Crippen LogP contribution is 2.54. The van der Waals surface area contributed by atoms with Gasteiger partial charge in [-0.25, -0.2) is 0 Å². The molecule has 2 aromatic rings. The lowest BCUT2D eigenvalue weighted by atomic mass is 9.53. The van der Waals surface area contributed by atoms with Gasteiger partial charge in [-0.15, -0.1) is 0 Å². The number of nitrogens with zero attached hydrogens (tertiary/aromatic N) is 2. The third-order valence-electron chi connectivity index (χ3n) is 6.09. The van der Waals surface area contributed by atoms with Gasteiger partial charge in [0.05, 0.1) is 5.69 Å². The zero-order valence-corrected chi connectivity index (χ0v) is 15.1. The summed E-state index contributed by atoms with van der Waals surface area (Å²) in [6, 6.07) is 13.0. The van der Waals surface area contributed by atoms with Crippen molar-refractivity contribution in [1.29, 1.82) is 0 Å². The van der Waals surface area contributed by atoms with E-state index in [0.717, 1.165) is 17.3 Å². The zero-order valence-electron chi connectivity index (χ0n) is 15.1. The van der Waals surface area contributed by atoms with Gasteiger partial charge in [-0.1, -0.05) is 43.2 Å². The molecule has 0 radical (unpaired) electrons. The molecule has 1 amide bonds. The van der Waals surface area contributed by atoms with Crippen LogP contribution < -0.4 is 5.32 Å². The second-order valence-electron chi connectivity index (χ2n) is 7.73. The molecular weight excluding hydrogens is 310 g/mol. The molecule has 1 N–H and O–H groups in total. The molecule has 25 heavy (non-hydrogen) atoms. The fourth-order valence-corrected chi connectivity index (χ4v) is 5.00. The summed E-state index contributed by atoms with van der Waals surface area (Å²) in [4.78, 5) is 12.7. The van der Waals surface area contributed by atoms with Crippen LogP contribution in [0, 0.1) is 25.7 Å². The molecule has 0 saturated heterocycles. The number of fused-ring (bicyclic) bond motifs is 1. The lowest BCUT2D eigenvalue weighted by molar-refractivity contribution is -0.125. The van der Waals surface area contributed by atoms with Crippen LogP contribution in [0.3, 0.4) is 0 Å². The van der Waals surface area contributed by atoms with Crippen LogP contribution in [0.1, 0.15) is 48.6 Å². The number of benzene rings is 1. The standard InChI is InChI=1S/C21H27N3O/c1-14-12-15(2)24(23-14)13-19(25)22-21-18-11-7-6-10-17(18)20(21)16-8-4-3-5-9-16/h3-5,8-9,12,17-18,20-21H,6-7,10-11,13H2,1-2H3,(H,22,25)/t17-,18+,20+,21+/m1/s1. The first-order valence-electron chi connectivity index (χ1n) is 9.49. The summed E-state index contributed by atoms with van der Waals surface area (Å²) >= 11 is 0. The lowest BCUT2D eigenvalue weighted by Gasteiger charge is -2.55. The van der Waals surface area contributed by atoms with Crippen molar-refractivity contribution >= 4 is 5.91 Å². The number of amides is 1. The minimum atomic E-state index is 0.0844. The smallest absolute Gasteiger partial charge is 0.241 e. The Kier molecular flexibility index (Phi) is 4.36. The maximum Gasteiger partial charge on any atom is 0.241 e. The molecule has 2 fully saturated rings. The van der Waals surface area contributed by atoms with Gasteiger partial charge < -0.3 is 5.32 Å². The fraction of sp³-hybridized carbons (Fsp3) is 0.524. The van der Waals surface area contributed by atoms with E-state index in [0.29, 0.717) is 18.4 Å². The summed E-state index contributed by atoms with van der Waals surface area (Å²) in [7, 11) is 0. The van der Waals surface area contributed by atoms with Crippen LogP contribution in [-0.4, -0.2) is 21.7 Å². The number of aryl methyl sites for hydroxylation is 2. The minimum absolute atomic E-state index is 0.0844. The molecule has 2 aliphatic carbocycles. The molecule has 4 nitrogen and oxygen atoms in total. The molecule has 2 saturated carbocycles. The maximum absolute atomic E-state index is 12.7. The van der Waals surface area contributed by atoms with E-state index in [1.165, 1.54) is 31.2 Å². The Hall–Kier alpha value is -2.10. The van der Waals surface area contributed by atoms with Crippen LogP contribution in [-0.2, 0) is 11.3 Å². The third-order valence-corrected chi connectivity index (χ3v) is 6.09. The third kappa shape index (κ3) is 3.10. The van der Waals surface area contributed by atoms with Gasteiger partial charge in [0, 0.05) is 17.7 Å². The van der Waals surface area contributed by atoms with E-state index in [-0.39, 0.29) is 11.9 Å². The lowest BCUT2D eigenvalue weighted by Crippen LogP contribution is -2.59. The highest BCUT2D eigenvalue weighted by molar-refractivity contribution is 5.76. The molecule has 1 heterocycles. The predicted octanol–water partition coefficient (Wildman–Crippen LogP) is 3.59. The van der Waals surface area contributed by atoms with E-state index in [9.17, 15) is 4.79 Å². The summed E-state index contributed by atoms with van der Waals surface area (Å²) in [5, 5.41) is 7.77. The number of carbonyl (C=O) groups excluding carboxylic acids is 1. The Morgan fingerprint density at radius 3 is 2.56 bits per heavy atom. The predicted molar refractivity (Wildman–Crippen MR) is 98.3 cm³/mol. The Balaban J connectivity index is 1.49. The van der Waals surface area contributed by atoms with Crippen molar-refractivity contribution < 1.29 is 4.79 Å². The number of hydrogen-bond acceptors (Lipinski definition) is 2. The average Bonchev–Trinajstić information content (AvgIpc) is 2.91. The average molecular weight is 337 g/mol. The van der Waals surface area contributed by atoms with Gasteiger partial charge in [-0.2, -0.15) is 5.10 Å². The Bertz CT molecular complexity index is 752. The van der Waals surface area contributed by atoms with Crippen LogP contribution in [0.2, 0.25) is 0 Å². The van der Waals surface area contributed by atoms with Crippen molar-refractivity contribution in [2.45, 2.75) is 58.0 Å². The van der Waals surface area contributed by atoms with E-state index < -0.39 is 0 Å². The molecule has 2 aliphatic rings. The number of hydrogen-bond donors (Lipinski definition) is 1. The van der Waals surface area contributed by atoms with E-state index in [1.54, 1.807) is 4.68 Å². The van der Waals surface area contributed by atoms with Crippen molar-refractivity contribution in [3.05, 3.63) is 53.3 Å². The molecule has 1 aromatic heterocycles. The van der Waals surface area contributed by atoms with Crippen molar-refractivity contribution in [3.8, 4) is 0 Å². The van der Waals surface area contributed by atoms with Gasteiger partial charge in [0.2, 0.25) is 5.91 Å². The topological polar surface area (TPSA) is 46.9 Å². The SMILES string of the molecule is Cc1cc(C)n(CC(=O)N[C@H]2[C@H]3CCCC[C@H]3[C@@H]2c2ccccc2)n1. The first-order chi connectivity index (χ1) is 12.1. The van der Waals surface area contributed by atoms with Crippen LogP contribution in [0.4, 0.5) is 0 Å². The van der Waals surface area contributed by atoms with Gasteiger partial charge >= 0.3 is 0 Å². The first kappa shape index (κ1) is 16.4. The minimum Gasteiger partial charge on any atom is -0.351 e. The zero-order chi connectivity index (χ0) is 17.4. The molecule has 0 unspecified atom stereocenters. The van der Waals surface area contributed by atoms with E-state index in [2.05, 4.69) is 40.7 Å². The quantitative estimate of drug-likeness (QED) is 0.927. The summed E-state index contributed by atoms with van der Waals surface area (Å²) in [5.41, 5.74) is 3.38. The van der Waals surface area contributed by atoms with Crippen LogP contribution in [0.15, 0.2) is 36.4 Å². The van der Waals surface area contributed by atoms with E-state index in [4.69, 9.17) is 0 Å². The van der Waals surface area contributed by atoms with Crippen LogP contribution in [0.25, 0.3) is 0 Å². The van der Waals surface area contributed by atoms with Gasteiger partial charge in [-0.3, -0.25) is 9.48 Å². The van der Waals surface area contributed by atoms with E-state index >= 15 is 0 Å². The molecule has 1 aromatic carbocycles. The van der Waals surface area contributed by atoms with Crippen LogP contribution >= 0.6 is 0 Å². The highest BCUT2D eigenvalue weighted by Gasteiger charge is 2.51. The Labute approximate surface area is 149 Å². The Morgan fingerprint density at radius 1 is 1.16 bits per heavy atom. The van der Waals surface area contributed by atoms with Crippen molar-refractivity contribution in [2.24, 2.45) is 11.8 Å². The molecule has 0 spiro atoms. The number of rotatable bonds is 4. The number of carbonyl (C=O) groups is 1. The van der Waals surface area contributed by atoms with Gasteiger partial charge in [0.15, 0.2) is 0 Å². The van der Waals surface area contributed by atoms with Gasteiger partial charge in [0.25, 0.3) is 0 Å². The van der Waals surface area contributed by atoms with Crippen molar-refractivity contribution in [1.82, 2.24) is 15.1 Å². The largest absolute Gasteiger partial charge is 0.351 e. The molecule has 4 heteroatoms. The summed E-state index contributed by atoms with van der Waals surface area (Å²) in [6.45, 7) is 4.28. The van der Waals surface area contributed by atoms with Crippen molar-refractivity contribution in [2.75, 3.05) is 0 Å². The van der Waals surface area contributed by atoms with E-state index in [1.807, 2.05) is 19.9 Å². The number of nitrogens with one attached hydrogen (secondary N) is 1. The number of aromatic nitrogens is 2. The van der Waals surface area contributed by atoms with Gasteiger partial charge in [0.1, 0.15) is 6.54 Å². The fourth-order valence-electron chi connectivity index (χ4n) is 5.00. The highest BCUT2D eigenvalue weighted by atomic mass is 16.2. The molecule has 4 atom stereocenters. The first-order valence-corrected chi connectivity index (χ1v) is 9.49. The summed E-state index contributed by atoms with van der Waals surface area (Å²) in [5.74, 6) is 1.93. The summed E-state index contributed by atoms with van der Waals surface area (Å²) < 4.78 is 1.80. The molecule has 132 valence electrons. The van der Waals surface area contributed by atoms with Gasteiger partial charge in [-0.05, 0) is 50.2 Å². The maximum atomic E-state index is 12.7. The second-order valence-corrected chi connectivity index (χ2v) is 7.73. The van der Waals surface area contributed by atoms with Crippen LogP contribution in [0.5, 0.6) is 0 Å². The summed E-state index contributed by atoms with van der Waals surface area (Å²) in [6.07, 6.45) is 5.18. The molecular formula is C21H27N3O.